The SMILES string of the molecule is Cc1ccc(C(CNC(=O)CCC(=O)c2ccccc2C)N(C)C)cc1. The highest BCUT2D eigenvalue weighted by molar-refractivity contribution is 5.99. The van der Waals surface area contributed by atoms with Crippen LogP contribution in [0.1, 0.15) is 45.9 Å². The monoisotopic (exact) mass is 352 g/mol. The molecule has 26 heavy (non-hydrogen) atoms. The average molecular weight is 352 g/mol. The van der Waals surface area contributed by atoms with Gasteiger partial charge in [-0.3, -0.25) is 9.59 Å². The van der Waals surface area contributed by atoms with Gasteiger partial charge >= 0.3 is 0 Å². The number of Topliss-reactive ketones (excluding diaryl/α,β-unsaturated/α-hetero) is 1. The Morgan fingerprint density at radius 2 is 1.62 bits per heavy atom. The fourth-order valence-corrected chi connectivity index (χ4v) is 2.93. The molecule has 1 atom stereocenters. The number of nitrogens with one attached hydrogen (secondary N) is 1. The largest absolute Gasteiger partial charge is 0.354 e. The summed E-state index contributed by atoms with van der Waals surface area (Å²) >= 11 is 0. The van der Waals surface area contributed by atoms with Crippen molar-refractivity contribution in [1.29, 1.82) is 0 Å². The van der Waals surface area contributed by atoms with E-state index in [1.54, 1.807) is 0 Å². The van der Waals surface area contributed by atoms with Gasteiger partial charge in [-0.1, -0.05) is 54.1 Å². The molecule has 0 aromatic heterocycles. The van der Waals surface area contributed by atoms with Gasteiger partial charge in [-0.2, -0.15) is 0 Å². The number of likely N-dealkylation sites (N-methyl/N-ethyl adjacent to an activating group) is 1. The summed E-state index contributed by atoms with van der Waals surface area (Å²) in [7, 11) is 4.00. The van der Waals surface area contributed by atoms with Crippen LogP contribution >= 0.6 is 0 Å². The molecule has 0 radical (unpaired) electrons. The van der Waals surface area contributed by atoms with E-state index < -0.39 is 0 Å². The van der Waals surface area contributed by atoms with E-state index in [4.69, 9.17) is 0 Å². The van der Waals surface area contributed by atoms with E-state index in [0.29, 0.717) is 12.1 Å². The minimum Gasteiger partial charge on any atom is -0.354 e. The van der Waals surface area contributed by atoms with E-state index in [-0.39, 0.29) is 30.6 Å². The molecule has 0 aliphatic heterocycles. The molecule has 1 N–H and O–H groups in total. The van der Waals surface area contributed by atoms with Gasteiger partial charge in [-0.15, -0.1) is 0 Å². The van der Waals surface area contributed by atoms with Crippen molar-refractivity contribution in [2.45, 2.75) is 32.7 Å². The molecule has 0 spiro atoms. The first-order valence-electron chi connectivity index (χ1n) is 8.97. The summed E-state index contributed by atoms with van der Waals surface area (Å²) in [4.78, 5) is 26.6. The fourth-order valence-electron chi connectivity index (χ4n) is 2.93. The topological polar surface area (TPSA) is 49.4 Å². The van der Waals surface area contributed by atoms with Crippen LogP contribution in [-0.4, -0.2) is 37.2 Å². The highest BCUT2D eigenvalue weighted by atomic mass is 16.2. The average Bonchev–Trinajstić information content (AvgIpc) is 2.61. The van der Waals surface area contributed by atoms with Crippen LogP contribution in [-0.2, 0) is 4.79 Å². The molecule has 0 aliphatic rings. The highest BCUT2D eigenvalue weighted by Gasteiger charge is 2.16. The summed E-state index contributed by atoms with van der Waals surface area (Å²) in [5, 5.41) is 2.97. The molecule has 0 bridgehead atoms. The van der Waals surface area contributed by atoms with Crippen molar-refractivity contribution < 1.29 is 9.59 Å². The van der Waals surface area contributed by atoms with Crippen molar-refractivity contribution in [2.24, 2.45) is 0 Å². The van der Waals surface area contributed by atoms with Crippen molar-refractivity contribution in [3.63, 3.8) is 0 Å². The summed E-state index contributed by atoms with van der Waals surface area (Å²) in [6.45, 7) is 4.49. The Labute approximate surface area is 156 Å². The first-order valence-corrected chi connectivity index (χ1v) is 8.97. The van der Waals surface area contributed by atoms with Crippen LogP contribution in [0, 0.1) is 13.8 Å². The van der Waals surface area contributed by atoms with Crippen LogP contribution in [0.3, 0.4) is 0 Å². The second-order valence-electron chi connectivity index (χ2n) is 6.93. The van der Waals surface area contributed by atoms with E-state index in [1.807, 2.05) is 45.3 Å². The first kappa shape index (κ1) is 19.9. The zero-order valence-electron chi connectivity index (χ0n) is 16.1. The number of rotatable bonds is 8. The lowest BCUT2D eigenvalue weighted by Gasteiger charge is -2.25. The maximum Gasteiger partial charge on any atom is 0.220 e. The molecule has 0 heterocycles. The predicted octanol–water partition coefficient (Wildman–Crippen LogP) is 3.69. The Hall–Kier alpha value is -2.46. The van der Waals surface area contributed by atoms with Crippen LogP contribution in [0.5, 0.6) is 0 Å². The third-order valence-electron chi connectivity index (χ3n) is 4.60. The summed E-state index contributed by atoms with van der Waals surface area (Å²) in [6.07, 6.45) is 0.440. The summed E-state index contributed by atoms with van der Waals surface area (Å²) in [6, 6.07) is 15.9. The van der Waals surface area contributed by atoms with Crippen LogP contribution in [0.4, 0.5) is 0 Å². The number of aryl methyl sites for hydroxylation is 2. The Morgan fingerprint density at radius 3 is 2.23 bits per heavy atom. The van der Waals surface area contributed by atoms with Gasteiger partial charge in [0.15, 0.2) is 5.78 Å². The van der Waals surface area contributed by atoms with Crippen LogP contribution in [0.2, 0.25) is 0 Å². The number of hydrogen-bond donors (Lipinski definition) is 1. The number of nitrogens with zero attached hydrogens (tertiary/aromatic N) is 1. The minimum atomic E-state index is -0.0918. The van der Waals surface area contributed by atoms with Crippen LogP contribution in [0.25, 0.3) is 0 Å². The van der Waals surface area contributed by atoms with Crippen molar-refractivity contribution in [2.75, 3.05) is 20.6 Å². The molecule has 0 fully saturated rings. The molecule has 0 aliphatic carbocycles. The smallest absolute Gasteiger partial charge is 0.220 e. The lowest BCUT2D eigenvalue weighted by atomic mass is 10.0. The Balaban J connectivity index is 1.87. The van der Waals surface area contributed by atoms with Crippen molar-refractivity contribution >= 4 is 11.7 Å². The Morgan fingerprint density at radius 1 is 0.962 bits per heavy atom. The van der Waals surface area contributed by atoms with Gasteiger partial charge in [-0.25, -0.2) is 0 Å². The number of ketones is 1. The molecule has 0 saturated carbocycles. The van der Waals surface area contributed by atoms with E-state index >= 15 is 0 Å². The van der Waals surface area contributed by atoms with E-state index in [9.17, 15) is 9.59 Å². The zero-order chi connectivity index (χ0) is 19.1. The molecule has 138 valence electrons. The second kappa shape index (κ2) is 9.30. The van der Waals surface area contributed by atoms with Gasteiger partial charge in [0.1, 0.15) is 0 Å². The number of hydrogen-bond acceptors (Lipinski definition) is 3. The van der Waals surface area contributed by atoms with Gasteiger partial charge in [0.25, 0.3) is 0 Å². The second-order valence-corrected chi connectivity index (χ2v) is 6.93. The molecule has 0 saturated heterocycles. The van der Waals surface area contributed by atoms with Crippen LogP contribution in [0.15, 0.2) is 48.5 Å². The molecular formula is C22H28N2O2. The molecule has 1 unspecified atom stereocenters. The molecule has 2 aromatic rings. The normalized spacial score (nSPS) is 12.0. The lowest BCUT2D eigenvalue weighted by Crippen LogP contribution is -2.34. The Kier molecular flexibility index (Phi) is 7.10. The zero-order valence-corrected chi connectivity index (χ0v) is 16.1. The number of carbonyl (C=O) groups excluding carboxylic acids is 2. The quantitative estimate of drug-likeness (QED) is 0.737. The highest BCUT2D eigenvalue weighted by Crippen LogP contribution is 2.18. The van der Waals surface area contributed by atoms with Gasteiger partial charge in [0.2, 0.25) is 5.91 Å². The Bertz CT molecular complexity index is 751. The van der Waals surface area contributed by atoms with E-state index in [2.05, 4.69) is 41.4 Å². The number of amides is 1. The first-order chi connectivity index (χ1) is 12.4. The maximum atomic E-state index is 12.3. The van der Waals surface area contributed by atoms with Gasteiger partial charge in [-0.05, 0) is 39.1 Å². The van der Waals surface area contributed by atoms with Crippen molar-refractivity contribution in [1.82, 2.24) is 10.2 Å². The molecule has 4 nitrogen and oxygen atoms in total. The number of carbonyl (C=O) groups is 2. The fraction of sp³-hybridized carbons (Fsp3) is 0.364. The lowest BCUT2D eigenvalue weighted by molar-refractivity contribution is -0.121. The van der Waals surface area contributed by atoms with Crippen molar-refractivity contribution in [3.8, 4) is 0 Å². The van der Waals surface area contributed by atoms with Crippen molar-refractivity contribution in [3.05, 3.63) is 70.8 Å². The molecule has 1 amide bonds. The summed E-state index contributed by atoms with van der Waals surface area (Å²) in [5.41, 5.74) is 4.03. The molecule has 2 rings (SSSR count). The standard InChI is InChI=1S/C22H28N2O2/c1-16-9-11-18(12-10-16)20(24(3)4)15-23-22(26)14-13-21(25)19-8-6-5-7-17(19)2/h5-12,20H,13-15H2,1-4H3,(H,23,26). The molecule has 2 aromatic carbocycles. The molecular weight excluding hydrogens is 324 g/mol. The minimum absolute atomic E-state index is 0.0148. The molecule has 4 heteroatoms. The van der Waals surface area contributed by atoms with Gasteiger partial charge in [0, 0.05) is 24.9 Å². The van der Waals surface area contributed by atoms with Crippen LogP contribution < -0.4 is 5.32 Å². The van der Waals surface area contributed by atoms with E-state index in [0.717, 1.165) is 11.1 Å². The summed E-state index contributed by atoms with van der Waals surface area (Å²) < 4.78 is 0. The van der Waals surface area contributed by atoms with Gasteiger partial charge in [0.05, 0.1) is 6.04 Å². The predicted molar refractivity (Wildman–Crippen MR) is 105 cm³/mol. The summed E-state index contributed by atoms with van der Waals surface area (Å²) in [5.74, 6) is -0.0770. The number of benzene rings is 2. The maximum absolute atomic E-state index is 12.3. The van der Waals surface area contributed by atoms with E-state index in [1.165, 1.54) is 5.56 Å². The van der Waals surface area contributed by atoms with Gasteiger partial charge < -0.3 is 10.2 Å². The third-order valence-corrected chi connectivity index (χ3v) is 4.60. The third kappa shape index (κ3) is 5.53.